The zero-order valence-corrected chi connectivity index (χ0v) is 17.0. The van der Waals surface area contributed by atoms with E-state index in [1.54, 1.807) is 0 Å². The van der Waals surface area contributed by atoms with Crippen LogP contribution in [0.3, 0.4) is 0 Å². The van der Waals surface area contributed by atoms with E-state index in [0.717, 1.165) is 48.3 Å². The minimum atomic E-state index is 0.0576. The normalized spacial score (nSPS) is 18.8. The fourth-order valence-corrected chi connectivity index (χ4v) is 4.50. The molecule has 4 heteroatoms. The lowest BCUT2D eigenvalue weighted by atomic mass is 9.77. The topological polar surface area (TPSA) is 58.2 Å². The van der Waals surface area contributed by atoms with Gasteiger partial charge in [0.2, 0.25) is 5.91 Å². The van der Waals surface area contributed by atoms with Crippen molar-refractivity contribution in [3.05, 3.63) is 28.3 Å². The minimum Gasteiger partial charge on any atom is -0.326 e. The zero-order chi connectivity index (χ0) is 19.2. The number of unbranched alkanes of at least 4 members (excludes halogenated alkanes) is 5. The Labute approximate surface area is 163 Å². The van der Waals surface area contributed by atoms with Crippen molar-refractivity contribution in [1.29, 1.82) is 0 Å². The van der Waals surface area contributed by atoms with E-state index in [9.17, 15) is 9.59 Å². The largest absolute Gasteiger partial charge is 0.326 e. The number of benzene rings is 1. The molecule has 0 fully saturated rings. The van der Waals surface area contributed by atoms with E-state index >= 15 is 0 Å². The molecule has 148 valence electrons. The number of carbonyl (C=O) groups is 2. The smallest absolute Gasteiger partial charge is 0.224 e. The molecule has 1 aliphatic carbocycles. The summed E-state index contributed by atoms with van der Waals surface area (Å²) in [6, 6.07) is 2.05. The number of anilines is 1. The first-order valence-electron chi connectivity index (χ1n) is 10.8. The van der Waals surface area contributed by atoms with Crippen molar-refractivity contribution in [2.75, 3.05) is 18.4 Å². The van der Waals surface area contributed by atoms with Gasteiger partial charge in [-0.3, -0.25) is 9.59 Å². The standard InChI is InChI=1S/C23H34N2O2/c1-3-4-5-6-7-8-13-24-15-17-9-10-18-16(2)14-20-19(22(18)23(17)27)11-12-21(26)25-20/h14,17,24H,3-13,15H2,1-2H3,(H,25,26). The van der Waals surface area contributed by atoms with Gasteiger partial charge in [-0.15, -0.1) is 0 Å². The molecule has 3 rings (SSSR count). The van der Waals surface area contributed by atoms with Crippen LogP contribution in [0, 0.1) is 12.8 Å². The third-order valence-electron chi connectivity index (χ3n) is 6.10. The Kier molecular flexibility index (Phi) is 7.06. The summed E-state index contributed by atoms with van der Waals surface area (Å²) in [5, 5.41) is 6.48. The maximum absolute atomic E-state index is 13.2. The molecule has 1 aliphatic heterocycles. The molecule has 0 saturated carbocycles. The summed E-state index contributed by atoms with van der Waals surface area (Å²) in [6.07, 6.45) is 10.8. The van der Waals surface area contributed by atoms with Crippen LogP contribution in [0.1, 0.15) is 85.3 Å². The highest BCUT2D eigenvalue weighted by molar-refractivity contribution is 6.05. The number of fused-ring (bicyclic) bond motifs is 3. The molecule has 0 aromatic heterocycles. The number of Topliss-reactive ketones (excluding diaryl/α,β-unsaturated/α-hetero) is 1. The lowest BCUT2D eigenvalue weighted by Crippen LogP contribution is -2.35. The van der Waals surface area contributed by atoms with Gasteiger partial charge in [0.1, 0.15) is 0 Å². The number of aryl methyl sites for hydroxylation is 1. The molecule has 2 aliphatic rings. The lowest BCUT2D eigenvalue weighted by molar-refractivity contribution is -0.116. The van der Waals surface area contributed by atoms with E-state index in [1.165, 1.54) is 44.1 Å². The molecule has 1 heterocycles. The number of hydrogen-bond acceptors (Lipinski definition) is 3. The van der Waals surface area contributed by atoms with Crippen molar-refractivity contribution in [2.24, 2.45) is 5.92 Å². The molecule has 0 saturated heterocycles. The van der Waals surface area contributed by atoms with E-state index in [1.807, 2.05) is 0 Å². The van der Waals surface area contributed by atoms with Gasteiger partial charge in [0.25, 0.3) is 0 Å². The third kappa shape index (κ3) is 4.78. The first kappa shape index (κ1) is 20.1. The summed E-state index contributed by atoms with van der Waals surface area (Å²) in [6.45, 7) is 6.09. The van der Waals surface area contributed by atoms with Gasteiger partial charge < -0.3 is 10.6 Å². The Balaban J connectivity index is 1.57. The second-order valence-corrected chi connectivity index (χ2v) is 8.19. The van der Waals surface area contributed by atoms with Gasteiger partial charge in [-0.2, -0.15) is 0 Å². The highest BCUT2D eigenvalue weighted by Crippen LogP contribution is 2.36. The average Bonchev–Trinajstić information content (AvgIpc) is 2.65. The summed E-state index contributed by atoms with van der Waals surface area (Å²) in [5.74, 6) is 0.408. The molecule has 0 radical (unpaired) electrons. The minimum absolute atomic E-state index is 0.0576. The van der Waals surface area contributed by atoms with Crippen LogP contribution in [0.5, 0.6) is 0 Å². The summed E-state index contributed by atoms with van der Waals surface area (Å²) in [5.41, 5.74) is 5.19. The Hall–Kier alpha value is -1.68. The van der Waals surface area contributed by atoms with Crippen molar-refractivity contribution in [2.45, 2.75) is 78.1 Å². The molecule has 0 spiro atoms. The maximum atomic E-state index is 13.2. The number of carbonyl (C=O) groups excluding carboxylic acids is 2. The monoisotopic (exact) mass is 370 g/mol. The molecule has 1 amide bonds. The fraction of sp³-hybridized carbons (Fsp3) is 0.652. The molecule has 0 bridgehead atoms. The third-order valence-corrected chi connectivity index (χ3v) is 6.10. The molecule has 1 aromatic rings. The highest BCUT2D eigenvalue weighted by atomic mass is 16.1. The Morgan fingerprint density at radius 1 is 1.04 bits per heavy atom. The van der Waals surface area contributed by atoms with Crippen molar-refractivity contribution in [3.63, 3.8) is 0 Å². The van der Waals surface area contributed by atoms with E-state index in [2.05, 4.69) is 30.5 Å². The van der Waals surface area contributed by atoms with Crippen LogP contribution in [0.15, 0.2) is 6.07 Å². The van der Waals surface area contributed by atoms with E-state index in [0.29, 0.717) is 12.8 Å². The van der Waals surface area contributed by atoms with Gasteiger partial charge in [-0.1, -0.05) is 39.0 Å². The fourth-order valence-electron chi connectivity index (χ4n) is 4.50. The van der Waals surface area contributed by atoms with Gasteiger partial charge in [-0.05, 0) is 61.9 Å². The number of ketones is 1. The number of hydrogen-bond donors (Lipinski definition) is 2. The van der Waals surface area contributed by atoms with Crippen LogP contribution in [-0.2, 0) is 17.6 Å². The second-order valence-electron chi connectivity index (χ2n) is 8.19. The van der Waals surface area contributed by atoms with E-state index in [-0.39, 0.29) is 17.6 Å². The summed E-state index contributed by atoms with van der Waals surface area (Å²) >= 11 is 0. The number of amides is 1. The first-order chi connectivity index (χ1) is 13.1. The van der Waals surface area contributed by atoms with Crippen LogP contribution >= 0.6 is 0 Å². The predicted molar refractivity (Wildman–Crippen MR) is 111 cm³/mol. The summed E-state index contributed by atoms with van der Waals surface area (Å²) in [4.78, 5) is 24.9. The molecule has 1 unspecified atom stereocenters. The molecule has 4 nitrogen and oxygen atoms in total. The molecule has 27 heavy (non-hydrogen) atoms. The van der Waals surface area contributed by atoms with Crippen molar-refractivity contribution < 1.29 is 9.59 Å². The van der Waals surface area contributed by atoms with Gasteiger partial charge in [0.05, 0.1) is 0 Å². The van der Waals surface area contributed by atoms with Crippen LogP contribution in [0.25, 0.3) is 0 Å². The lowest BCUT2D eigenvalue weighted by Gasteiger charge is -2.30. The number of nitrogens with one attached hydrogen (secondary N) is 2. The van der Waals surface area contributed by atoms with Crippen LogP contribution < -0.4 is 10.6 Å². The molecule has 2 N–H and O–H groups in total. The average molecular weight is 371 g/mol. The van der Waals surface area contributed by atoms with Crippen molar-refractivity contribution >= 4 is 17.4 Å². The van der Waals surface area contributed by atoms with Crippen LogP contribution in [0.4, 0.5) is 5.69 Å². The molecular weight excluding hydrogens is 336 g/mol. The van der Waals surface area contributed by atoms with Gasteiger partial charge in [0, 0.05) is 30.1 Å². The van der Waals surface area contributed by atoms with E-state index in [4.69, 9.17) is 0 Å². The molecular formula is C23H34N2O2. The SMILES string of the molecule is CCCCCCCCNCC1CCc2c(C)cc3c(c2C1=O)CCC(=O)N3. The molecule has 1 aromatic carbocycles. The van der Waals surface area contributed by atoms with Crippen LogP contribution in [-0.4, -0.2) is 24.8 Å². The Bertz CT molecular complexity index is 696. The van der Waals surface area contributed by atoms with Gasteiger partial charge in [-0.25, -0.2) is 0 Å². The van der Waals surface area contributed by atoms with Crippen molar-refractivity contribution in [3.8, 4) is 0 Å². The second kappa shape index (κ2) is 9.50. The summed E-state index contributed by atoms with van der Waals surface area (Å²) in [7, 11) is 0. The highest BCUT2D eigenvalue weighted by Gasteiger charge is 2.33. The van der Waals surface area contributed by atoms with Crippen molar-refractivity contribution in [1.82, 2.24) is 5.32 Å². The van der Waals surface area contributed by atoms with E-state index < -0.39 is 0 Å². The summed E-state index contributed by atoms with van der Waals surface area (Å²) < 4.78 is 0. The van der Waals surface area contributed by atoms with Gasteiger partial charge >= 0.3 is 0 Å². The predicted octanol–water partition coefficient (Wildman–Crippen LogP) is 4.57. The van der Waals surface area contributed by atoms with Gasteiger partial charge in [0.15, 0.2) is 5.78 Å². The first-order valence-corrected chi connectivity index (χ1v) is 10.8. The Morgan fingerprint density at radius 2 is 1.81 bits per heavy atom. The molecule has 1 atom stereocenters. The van der Waals surface area contributed by atoms with Crippen LogP contribution in [0.2, 0.25) is 0 Å². The number of rotatable bonds is 9. The maximum Gasteiger partial charge on any atom is 0.224 e. The quantitative estimate of drug-likeness (QED) is 0.626. The Morgan fingerprint density at radius 3 is 2.63 bits per heavy atom. The zero-order valence-electron chi connectivity index (χ0n) is 17.0.